The van der Waals surface area contributed by atoms with Gasteiger partial charge in [0.1, 0.15) is 5.82 Å². The summed E-state index contributed by atoms with van der Waals surface area (Å²) in [5.74, 6) is 1.96. The highest BCUT2D eigenvalue weighted by atomic mass is 19.1. The average molecular weight is 369 g/mol. The topological polar surface area (TPSA) is 57.5 Å². The molecule has 7 heteroatoms. The summed E-state index contributed by atoms with van der Waals surface area (Å²) >= 11 is 0. The van der Waals surface area contributed by atoms with E-state index in [1.165, 1.54) is 12.1 Å². The number of nitrogens with zero attached hydrogens (tertiary/aromatic N) is 2. The van der Waals surface area contributed by atoms with Crippen LogP contribution in [0, 0.1) is 5.82 Å². The maximum atomic E-state index is 13.1. The predicted octanol–water partition coefficient (Wildman–Crippen LogP) is 3.68. The fraction of sp³-hybridized carbons (Fsp3) is 0.250. The number of fused-ring (bicyclic) bond motifs is 1. The molecule has 0 fully saturated rings. The van der Waals surface area contributed by atoms with Crippen molar-refractivity contribution in [1.82, 2.24) is 9.55 Å². The first-order chi connectivity index (χ1) is 13.2. The molecule has 0 radical (unpaired) electrons. The molecule has 0 atom stereocenters. The zero-order valence-corrected chi connectivity index (χ0v) is 14.9. The SMILES string of the molecule is COCCn1c(-c2ccc3c(c2)OCO3)cnc1NCc1ccc(F)cc1. The van der Waals surface area contributed by atoms with Crippen molar-refractivity contribution in [3.05, 3.63) is 60.0 Å². The lowest BCUT2D eigenvalue weighted by Gasteiger charge is -2.13. The monoisotopic (exact) mass is 369 g/mol. The van der Waals surface area contributed by atoms with Gasteiger partial charge in [-0.3, -0.25) is 0 Å². The molecule has 6 nitrogen and oxygen atoms in total. The van der Waals surface area contributed by atoms with Crippen LogP contribution in [0.2, 0.25) is 0 Å². The third kappa shape index (κ3) is 3.73. The smallest absolute Gasteiger partial charge is 0.231 e. The Morgan fingerprint density at radius 3 is 2.78 bits per heavy atom. The summed E-state index contributed by atoms with van der Waals surface area (Å²) in [6, 6.07) is 12.2. The van der Waals surface area contributed by atoms with Crippen molar-refractivity contribution in [2.75, 3.05) is 25.8 Å². The minimum Gasteiger partial charge on any atom is -0.454 e. The van der Waals surface area contributed by atoms with Gasteiger partial charge in [0.15, 0.2) is 11.5 Å². The summed E-state index contributed by atoms with van der Waals surface area (Å²) in [5, 5.41) is 3.32. The molecule has 1 aliphatic rings. The lowest BCUT2D eigenvalue weighted by Crippen LogP contribution is -2.11. The number of halogens is 1. The summed E-state index contributed by atoms with van der Waals surface area (Å²) in [5.41, 5.74) is 2.91. The zero-order chi connectivity index (χ0) is 18.6. The molecule has 1 aliphatic heterocycles. The molecule has 0 saturated carbocycles. The van der Waals surface area contributed by atoms with Gasteiger partial charge in [0.25, 0.3) is 0 Å². The van der Waals surface area contributed by atoms with Crippen molar-refractivity contribution < 1.29 is 18.6 Å². The van der Waals surface area contributed by atoms with Crippen LogP contribution in [-0.4, -0.2) is 30.1 Å². The number of hydrogen-bond donors (Lipinski definition) is 1. The Balaban J connectivity index is 1.59. The van der Waals surface area contributed by atoms with Crippen molar-refractivity contribution in [2.45, 2.75) is 13.1 Å². The number of imidazole rings is 1. The summed E-state index contributed by atoms with van der Waals surface area (Å²) < 4.78 is 31.2. The first-order valence-electron chi connectivity index (χ1n) is 8.67. The largest absolute Gasteiger partial charge is 0.454 e. The van der Waals surface area contributed by atoms with Gasteiger partial charge in [-0.25, -0.2) is 9.37 Å². The van der Waals surface area contributed by atoms with Crippen molar-refractivity contribution in [3.8, 4) is 22.8 Å². The molecule has 0 amide bonds. The normalized spacial score (nSPS) is 12.4. The Labute approximate surface area is 156 Å². The van der Waals surface area contributed by atoms with E-state index in [1.807, 2.05) is 24.4 Å². The van der Waals surface area contributed by atoms with Gasteiger partial charge in [0.05, 0.1) is 18.5 Å². The maximum absolute atomic E-state index is 13.1. The molecule has 0 unspecified atom stereocenters. The molecule has 4 rings (SSSR count). The zero-order valence-electron chi connectivity index (χ0n) is 14.9. The molecule has 0 saturated heterocycles. The maximum Gasteiger partial charge on any atom is 0.231 e. The summed E-state index contributed by atoms with van der Waals surface area (Å²) in [4.78, 5) is 4.52. The Bertz CT molecular complexity index is 925. The van der Waals surface area contributed by atoms with Crippen molar-refractivity contribution >= 4 is 5.95 Å². The summed E-state index contributed by atoms with van der Waals surface area (Å²) in [7, 11) is 1.67. The molecule has 0 bridgehead atoms. The van der Waals surface area contributed by atoms with E-state index in [0.29, 0.717) is 19.7 Å². The van der Waals surface area contributed by atoms with E-state index >= 15 is 0 Å². The van der Waals surface area contributed by atoms with Crippen LogP contribution < -0.4 is 14.8 Å². The van der Waals surface area contributed by atoms with Gasteiger partial charge in [0, 0.05) is 25.8 Å². The average Bonchev–Trinajstić information content (AvgIpc) is 3.32. The van der Waals surface area contributed by atoms with Gasteiger partial charge < -0.3 is 24.1 Å². The number of hydrogen-bond acceptors (Lipinski definition) is 5. The van der Waals surface area contributed by atoms with E-state index in [4.69, 9.17) is 14.2 Å². The second kappa shape index (κ2) is 7.67. The third-order valence-electron chi connectivity index (χ3n) is 4.41. The van der Waals surface area contributed by atoms with E-state index in [0.717, 1.165) is 34.3 Å². The van der Waals surface area contributed by atoms with E-state index < -0.39 is 0 Å². The number of aromatic nitrogens is 2. The standard InChI is InChI=1S/C20H20FN3O3/c1-25-9-8-24-17(15-4-7-18-19(10-15)27-13-26-18)12-23-20(24)22-11-14-2-5-16(21)6-3-14/h2-7,10,12H,8-9,11,13H2,1H3,(H,22,23). The minimum absolute atomic E-state index is 0.242. The van der Waals surface area contributed by atoms with Gasteiger partial charge in [-0.2, -0.15) is 0 Å². The Kier molecular flexibility index (Phi) is 4.93. The van der Waals surface area contributed by atoms with E-state index in [-0.39, 0.29) is 12.6 Å². The van der Waals surface area contributed by atoms with Gasteiger partial charge in [-0.15, -0.1) is 0 Å². The fourth-order valence-electron chi connectivity index (χ4n) is 3.00. The second-order valence-electron chi connectivity index (χ2n) is 6.16. The number of rotatable bonds is 7. The van der Waals surface area contributed by atoms with E-state index in [9.17, 15) is 4.39 Å². The van der Waals surface area contributed by atoms with Crippen LogP contribution in [0.1, 0.15) is 5.56 Å². The van der Waals surface area contributed by atoms with Crippen LogP contribution in [0.4, 0.5) is 10.3 Å². The molecule has 2 heterocycles. The molecule has 3 aromatic rings. The van der Waals surface area contributed by atoms with E-state index in [2.05, 4.69) is 14.9 Å². The second-order valence-corrected chi connectivity index (χ2v) is 6.16. The van der Waals surface area contributed by atoms with Crippen LogP contribution in [0.5, 0.6) is 11.5 Å². The quantitative estimate of drug-likeness (QED) is 0.689. The molecular formula is C20H20FN3O3. The van der Waals surface area contributed by atoms with Crippen molar-refractivity contribution in [3.63, 3.8) is 0 Å². The summed E-state index contributed by atoms with van der Waals surface area (Å²) in [6.07, 6.45) is 1.82. The van der Waals surface area contributed by atoms with Crippen LogP contribution in [0.25, 0.3) is 11.3 Å². The van der Waals surface area contributed by atoms with Crippen LogP contribution in [-0.2, 0) is 17.8 Å². The third-order valence-corrected chi connectivity index (χ3v) is 4.41. The molecule has 140 valence electrons. The highest BCUT2D eigenvalue weighted by molar-refractivity contribution is 5.66. The van der Waals surface area contributed by atoms with E-state index in [1.54, 1.807) is 19.2 Å². The minimum atomic E-state index is -0.245. The van der Waals surface area contributed by atoms with Crippen LogP contribution in [0.15, 0.2) is 48.7 Å². The van der Waals surface area contributed by atoms with Crippen LogP contribution >= 0.6 is 0 Å². The molecule has 1 N–H and O–H groups in total. The molecule has 1 aromatic heterocycles. The van der Waals surface area contributed by atoms with Crippen LogP contribution in [0.3, 0.4) is 0 Å². The predicted molar refractivity (Wildman–Crippen MR) is 99.4 cm³/mol. The number of nitrogens with one attached hydrogen (secondary N) is 1. The van der Waals surface area contributed by atoms with Gasteiger partial charge in [0.2, 0.25) is 12.7 Å². The lowest BCUT2D eigenvalue weighted by atomic mass is 10.1. The van der Waals surface area contributed by atoms with Gasteiger partial charge in [-0.05, 0) is 35.9 Å². The molecular weight excluding hydrogens is 349 g/mol. The molecule has 0 spiro atoms. The Morgan fingerprint density at radius 1 is 1.15 bits per heavy atom. The Hall–Kier alpha value is -3.06. The van der Waals surface area contributed by atoms with Crippen molar-refractivity contribution in [1.29, 1.82) is 0 Å². The Morgan fingerprint density at radius 2 is 1.96 bits per heavy atom. The first kappa shape index (κ1) is 17.4. The van der Waals surface area contributed by atoms with Crippen molar-refractivity contribution in [2.24, 2.45) is 0 Å². The fourth-order valence-corrected chi connectivity index (χ4v) is 3.00. The molecule has 0 aliphatic carbocycles. The van der Waals surface area contributed by atoms with Gasteiger partial charge in [-0.1, -0.05) is 12.1 Å². The number of anilines is 1. The number of benzene rings is 2. The number of methoxy groups -OCH3 is 1. The molecule has 27 heavy (non-hydrogen) atoms. The summed E-state index contributed by atoms with van der Waals surface area (Å²) in [6.45, 7) is 1.99. The highest BCUT2D eigenvalue weighted by Gasteiger charge is 2.17. The number of ether oxygens (including phenoxy) is 3. The first-order valence-corrected chi connectivity index (χ1v) is 8.67. The molecule has 2 aromatic carbocycles. The lowest BCUT2D eigenvalue weighted by molar-refractivity contribution is 0.174. The highest BCUT2D eigenvalue weighted by Crippen LogP contribution is 2.36. The van der Waals surface area contributed by atoms with Gasteiger partial charge >= 0.3 is 0 Å².